The lowest BCUT2D eigenvalue weighted by Crippen LogP contribution is -2.39. The number of methoxy groups -OCH3 is 1. The number of rotatable bonds is 10. The molecule has 0 aliphatic heterocycles. The molecule has 0 aromatic heterocycles. The van der Waals surface area contributed by atoms with Crippen LogP contribution in [0.2, 0.25) is 5.02 Å². The Morgan fingerprint density at radius 1 is 1.24 bits per heavy atom. The zero-order valence-electron chi connectivity index (χ0n) is 18.1. The van der Waals surface area contributed by atoms with E-state index in [4.69, 9.17) is 21.1 Å². The van der Waals surface area contributed by atoms with Crippen molar-refractivity contribution in [1.29, 1.82) is 0 Å². The van der Waals surface area contributed by atoms with Crippen LogP contribution in [0.3, 0.4) is 0 Å². The number of ether oxygens (including phenoxy) is 2. The molecule has 0 fully saturated rings. The Kier molecular flexibility index (Phi) is 8.93. The van der Waals surface area contributed by atoms with Gasteiger partial charge >= 0.3 is 6.18 Å². The predicted octanol–water partition coefficient (Wildman–Crippen LogP) is 3.85. The van der Waals surface area contributed by atoms with Gasteiger partial charge in [-0.05, 0) is 42.0 Å². The number of hydrazone groups is 1. The highest BCUT2D eigenvalue weighted by molar-refractivity contribution is 7.92. The van der Waals surface area contributed by atoms with Crippen molar-refractivity contribution in [3.05, 3.63) is 65.2 Å². The Balaban J connectivity index is 2.18. The van der Waals surface area contributed by atoms with Crippen molar-refractivity contribution in [2.24, 2.45) is 5.10 Å². The number of hydrogen-bond acceptors (Lipinski definition) is 6. The highest BCUT2D eigenvalue weighted by Gasteiger charge is 2.33. The molecule has 0 saturated heterocycles. The molecule has 8 nitrogen and oxygen atoms in total. The first-order valence-corrected chi connectivity index (χ1v) is 11.7. The topological polar surface area (TPSA) is 97.3 Å². The summed E-state index contributed by atoms with van der Waals surface area (Å²) in [5, 5.41) is 3.47. The molecule has 2 rings (SSSR count). The fourth-order valence-corrected chi connectivity index (χ4v) is 3.77. The van der Waals surface area contributed by atoms with Crippen LogP contribution in [0.1, 0.15) is 11.1 Å². The number of halogens is 4. The quantitative estimate of drug-likeness (QED) is 0.292. The molecule has 0 atom stereocenters. The number of carbonyl (C=O) groups excluding carboxylic acids is 1. The molecular formula is C21H21ClF3N3O5S. The summed E-state index contributed by atoms with van der Waals surface area (Å²) >= 11 is 5.93. The molecule has 1 N–H and O–H groups in total. The van der Waals surface area contributed by atoms with Crippen molar-refractivity contribution in [3.8, 4) is 11.5 Å². The highest BCUT2D eigenvalue weighted by atomic mass is 35.5. The molecule has 0 bridgehead atoms. The van der Waals surface area contributed by atoms with Gasteiger partial charge in [-0.2, -0.15) is 18.3 Å². The van der Waals surface area contributed by atoms with Crippen LogP contribution in [0.25, 0.3) is 0 Å². The second-order valence-electron chi connectivity index (χ2n) is 6.74. The lowest BCUT2D eigenvalue weighted by atomic mass is 10.2. The fourth-order valence-electron chi connectivity index (χ4n) is 2.64. The van der Waals surface area contributed by atoms with Gasteiger partial charge < -0.3 is 9.47 Å². The van der Waals surface area contributed by atoms with E-state index in [1.54, 1.807) is 24.3 Å². The first-order chi connectivity index (χ1) is 15.9. The smallest absolute Gasteiger partial charge is 0.416 e. The summed E-state index contributed by atoms with van der Waals surface area (Å²) in [4.78, 5) is 12.3. The van der Waals surface area contributed by atoms with Gasteiger partial charge in [0.05, 0.1) is 35.9 Å². The summed E-state index contributed by atoms with van der Waals surface area (Å²) < 4.78 is 74.7. The first kappa shape index (κ1) is 27.0. The molecule has 2 aromatic carbocycles. The molecule has 13 heteroatoms. The van der Waals surface area contributed by atoms with Gasteiger partial charge in [0, 0.05) is 0 Å². The molecule has 184 valence electrons. The second kappa shape index (κ2) is 11.3. The number of anilines is 1. The van der Waals surface area contributed by atoms with Crippen LogP contribution in [0.4, 0.5) is 18.9 Å². The van der Waals surface area contributed by atoms with E-state index < -0.39 is 39.9 Å². The molecule has 0 radical (unpaired) electrons. The van der Waals surface area contributed by atoms with Crippen LogP contribution < -0.4 is 19.2 Å². The molecule has 0 heterocycles. The Morgan fingerprint density at radius 3 is 2.53 bits per heavy atom. The second-order valence-corrected chi connectivity index (χ2v) is 9.05. The maximum absolute atomic E-state index is 13.1. The van der Waals surface area contributed by atoms with E-state index in [0.29, 0.717) is 33.5 Å². The lowest BCUT2D eigenvalue weighted by Gasteiger charge is -2.23. The van der Waals surface area contributed by atoms with E-state index in [0.717, 1.165) is 12.3 Å². The summed E-state index contributed by atoms with van der Waals surface area (Å²) in [5.74, 6) is -0.0435. The molecule has 2 aromatic rings. The zero-order chi connectivity index (χ0) is 25.5. The number of nitrogens with one attached hydrogen (secondary N) is 1. The third-order valence-corrected chi connectivity index (χ3v) is 5.62. The molecule has 0 aliphatic carbocycles. The first-order valence-electron chi connectivity index (χ1n) is 9.45. The largest absolute Gasteiger partial charge is 0.493 e. The average Bonchev–Trinajstić information content (AvgIpc) is 2.75. The van der Waals surface area contributed by atoms with Gasteiger partial charge in [-0.1, -0.05) is 24.3 Å². The number of benzene rings is 2. The molecule has 0 unspecified atom stereocenters. The van der Waals surface area contributed by atoms with E-state index in [2.05, 4.69) is 17.1 Å². The highest BCUT2D eigenvalue weighted by Crippen LogP contribution is 2.36. The average molecular weight is 520 g/mol. The monoisotopic (exact) mass is 519 g/mol. The Morgan fingerprint density at radius 2 is 1.94 bits per heavy atom. The van der Waals surface area contributed by atoms with Gasteiger partial charge in [-0.25, -0.2) is 13.8 Å². The normalized spacial score (nSPS) is 11.8. The third kappa shape index (κ3) is 7.39. The minimum atomic E-state index is -4.73. The number of sulfonamides is 1. The summed E-state index contributed by atoms with van der Waals surface area (Å²) in [6, 6.07) is 7.00. The van der Waals surface area contributed by atoms with Crippen molar-refractivity contribution in [1.82, 2.24) is 5.43 Å². The molecule has 0 saturated carbocycles. The van der Waals surface area contributed by atoms with Crippen molar-refractivity contribution >= 4 is 39.4 Å². The minimum absolute atomic E-state index is 0.270. The Hall–Kier alpha value is -3.25. The Labute approximate surface area is 199 Å². The van der Waals surface area contributed by atoms with Gasteiger partial charge in [0.2, 0.25) is 10.0 Å². The van der Waals surface area contributed by atoms with E-state index in [1.807, 2.05) is 0 Å². The third-order valence-electron chi connectivity index (χ3n) is 4.18. The van der Waals surface area contributed by atoms with Crippen LogP contribution in [0, 0.1) is 0 Å². The number of hydrogen-bond donors (Lipinski definition) is 1. The summed E-state index contributed by atoms with van der Waals surface area (Å²) in [6.45, 7) is 2.97. The van der Waals surface area contributed by atoms with Crippen molar-refractivity contribution in [3.63, 3.8) is 0 Å². The van der Waals surface area contributed by atoms with Gasteiger partial charge in [0.1, 0.15) is 13.2 Å². The molecule has 34 heavy (non-hydrogen) atoms. The maximum Gasteiger partial charge on any atom is 0.416 e. The standard InChI is InChI=1S/C21H21ClF3N3O5S/c1-4-9-33-18-8-5-14(10-19(18)32-2)12-26-27-20(29)13-28(34(3,30)31)17-11-15(21(23,24)25)6-7-16(17)22/h4-8,10-12H,1,9,13H2,2-3H3,(H,27,29)/b26-12-. The number of amides is 1. The van der Waals surface area contributed by atoms with Crippen LogP contribution in [-0.4, -0.2) is 47.1 Å². The van der Waals surface area contributed by atoms with Gasteiger partial charge in [-0.15, -0.1) is 0 Å². The lowest BCUT2D eigenvalue weighted by molar-refractivity contribution is -0.137. The fraction of sp³-hybridized carbons (Fsp3) is 0.238. The summed E-state index contributed by atoms with van der Waals surface area (Å²) in [6.07, 6.45) is -1.17. The van der Waals surface area contributed by atoms with Crippen molar-refractivity contribution < 1.29 is 35.9 Å². The summed E-state index contributed by atoms with van der Waals surface area (Å²) in [5.41, 5.74) is 1.04. The van der Waals surface area contributed by atoms with Crippen LogP contribution in [0.15, 0.2) is 54.2 Å². The van der Waals surface area contributed by atoms with E-state index in [1.165, 1.54) is 13.3 Å². The van der Waals surface area contributed by atoms with Crippen LogP contribution >= 0.6 is 11.6 Å². The number of carbonyl (C=O) groups is 1. The SMILES string of the molecule is C=CCOc1ccc(/C=N\NC(=O)CN(c2cc(C(F)(F)F)ccc2Cl)S(C)(=O)=O)cc1OC. The molecule has 0 spiro atoms. The minimum Gasteiger partial charge on any atom is -0.493 e. The molecular weight excluding hydrogens is 499 g/mol. The maximum atomic E-state index is 13.1. The number of nitrogens with zero attached hydrogens (tertiary/aromatic N) is 2. The van der Waals surface area contributed by atoms with E-state index in [9.17, 15) is 26.4 Å². The van der Waals surface area contributed by atoms with Crippen LogP contribution in [-0.2, 0) is 21.0 Å². The van der Waals surface area contributed by atoms with Gasteiger partial charge in [-0.3, -0.25) is 9.10 Å². The molecule has 1 amide bonds. The van der Waals surface area contributed by atoms with Crippen LogP contribution in [0.5, 0.6) is 11.5 Å². The zero-order valence-corrected chi connectivity index (χ0v) is 19.7. The van der Waals surface area contributed by atoms with Crippen molar-refractivity contribution in [2.75, 3.05) is 30.8 Å². The van der Waals surface area contributed by atoms with Gasteiger partial charge in [0.25, 0.3) is 5.91 Å². The summed E-state index contributed by atoms with van der Waals surface area (Å²) in [7, 11) is -2.72. The number of alkyl halides is 3. The van der Waals surface area contributed by atoms with E-state index in [-0.39, 0.29) is 11.6 Å². The molecule has 0 aliphatic rings. The van der Waals surface area contributed by atoms with E-state index >= 15 is 0 Å². The Bertz CT molecular complexity index is 1190. The van der Waals surface area contributed by atoms with Crippen molar-refractivity contribution in [2.45, 2.75) is 6.18 Å². The van der Waals surface area contributed by atoms with Gasteiger partial charge in [0.15, 0.2) is 11.5 Å². The predicted molar refractivity (Wildman–Crippen MR) is 123 cm³/mol.